The van der Waals surface area contributed by atoms with Crippen LogP contribution in [0.4, 0.5) is 13.2 Å². The van der Waals surface area contributed by atoms with Crippen molar-refractivity contribution in [1.29, 1.82) is 0 Å². The second-order valence-corrected chi connectivity index (χ2v) is 8.31. The van der Waals surface area contributed by atoms with E-state index in [2.05, 4.69) is 4.98 Å². The topological polar surface area (TPSA) is 47.5 Å². The van der Waals surface area contributed by atoms with Crippen molar-refractivity contribution in [2.24, 2.45) is 0 Å². The summed E-state index contributed by atoms with van der Waals surface area (Å²) < 4.78 is 46.6. The number of hydrogen-bond donors (Lipinski definition) is 0. The molecule has 0 aliphatic carbocycles. The van der Waals surface area contributed by atoms with Gasteiger partial charge in [0.1, 0.15) is 16.1 Å². The van der Waals surface area contributed by atoms with Crippen LogP contribution in [0.1, 0.15) is 22.5 Å². The van der Waals surface area contributed by atoms with E-state index in [1.165, 1.54) is 17.4 Å². The summed E-state index contributed by atoms with van der Waals surface area (Å²) in [6.45, 7) is 3.98. The number of nitrogens with zero attached hydrogens (tertiary/aromatic N) is 2. The Morgan fingerprint density at radius 2 is 1.90 bits per heavy atom. The number of aryl methyl sites for hydroxylation is 2. The third-order valence-electron chi connectivity index (χ3n) is 5.31. The van der Waals surface area contributed by atoms with Gasteiger partial charge in [0.25, 0.3) is 5.56 Å². The highest BCUT2D eigenvalue weighted by Crippen LogP contribution is 2.32. The normalized spacial score (nSPS) is 13.0. The average Bonchev–Trinajstić information content (AvgIpc) is 3.41. The van der Waals surface area contributed by atoms with Crippen LogP contribution in [0.3, 0.4) is 0 Å². The zero-order valence-corrected chi connectivity index (χ0v) is 17.3. The lowest BCUT2D eigenvalue weighted by atomic mass is 10.1. The van der Waals surface area contributed by atoms with Crippen molar-refractivity contribution >= 4 is 33.4 Å². The quantitative estimate of drug-likeness (QED) is 0.372. The molecule has 0 spiro atoms. The highest BCUT2D eigenvalue weighted by Gasteiger charge is 2.30. The van der Waals surface area contributed by atoms with Crippen molar-refractivity contribution < 1.29 is 17.6 Å². The first-order chi connectivity index (χ1) is 14.7. The molecule has 5 aromatic rings. The minimum absolute atomic E-state index is 0.206. The molecule has 0 aliphatic heterocycles. The fourth-order valence-corrected chi connectivity index (χ4v) is 4.49. The van der Waals surface area contributed by atoms with Gasteiger partial charge in [-0.2, -0.15) is 13.2 Å². The zero-order valence-electron chi connectivity index (χ0n) is 16.4. The van der Waals surface area contributed by atoms with E-state index in [-0.39, 0.29) is 5.56 Å². The molecule has 0 unspecified atom stereocenters. The number of aromatic nitrogens is 2. The first-order valence-corrected chi connectivity index (χ1v) is 10.2. The number of hydrogen-bond acceptors (Lipinski definition) is 4. The van der Waals surface area contributed by atoms with Crippen molar-refractivity contribution in [1.82, 2.24) is 9.38 Å². The number of rotatable bonds is 2. The summed E-state index contributed by atoms with van der Waals surface area (Å²) in [6.07, 6.45) is -2.84. The molecule has 0 atom stereocenters. The smallest absolute Gasteiger partial charge is 0.416 e. The second-order valence-electron chi connectivity index (χ2n) is 7.30. The molecule has 3 aromatic heterocycles. The van der Waals surface area contributed by atoms with Gasteiger partial charge >= 0.3 is 6.18 Å². The zero-order chi connectivity index (χ0) is 21.9. The first-order valence-electron chi connectivity index (χ1n) is 9.43. The number of alkyl halides is 3. The summed E-state index contributed by atoms with van der Waals surface area (Å²) >= 11 is 1.24. The van der Waals surface area contributed by atoms with Gasteiger partial charge in [-0.3, -0.25) is 4.79 Å². The summed E-state index contributed by atoms with van der Waals surface area (Å²) in [5.41, 5.74) is 3.07. The molecule has 2 aromatic carbocycles. The number of halogens is 3. The van der Waals surface area contributed by atoms with Crippen LogP contribution >= 0.6 is 11.3 Å². The van der Waals surface area contributed by atoms with Gasteiger partial charge in [-0.05, 0) is 55.3 Å². The maximum Gasteiger partial charge on any atom is 0.416 e. The predicted octanol–water partition coefficient (Wildman–Crippen LogP) is 5.35. The summed E-state index contributed by atoms with van der Waals surface area (Å²) in [4.78, 5) is 18.2. The Balaban J connectivity index is 1.58. The van der Waals surface area contributed by atoms with Crippen LogP contribution in [0.15, 0.2) is 57.7 Å². The van der Waals surface area contributed by atoms with Crippen molar-refractivity contribution in [2.75, 3.05) is 0 Å². The molecule has 3 heterocycles. The Labute approximate surface area is 177 Å². The molecule has 4 nitrogen and oxygen atoms in total. The molecule has 31 heavy (non-hydrogen) atoms. The van der Waals surface area contributed by atoms with E-state index >= 15 is 0 Å². The Bertz CT molecular complexity index is 1570. The minimum Gasteiger partial charge on any atom is -0.457 e. The van der Waals surface area contributed by atoms with Crippen molar-refractivity contribution in [3.8, 4) is 11.3 Å². The van der Waals surface area contributed by atoms with Crippen molar-refractivity contribution in [3.05, 3.63) is 85.9 Å². The van der Waals surface area contributed by atoms with Crippen LogP contribution in [-0.2, 0) is 6.18 Å². The van der Waals surface area contributed by atoms with Crippen molar-refractivity contribution in [2.45, 2.75) is 20.0 Å². The lowest BCUT2D eigenvalue weighted by Gasteiger charge is -2.07. The average molecular weight is 440 g/mol. The molecule has 0 saturated heterocycles. The van der Waals surface area contributed by atoms with Gasteiger partial charge in [0.2, 0.25) is 0 Å². The van der Waals surface area contributed by atoms with Gasteiger partial charge < -0.3 is 4.42 Å². The minimum atomic E-state index is -4.43. The van der Waals surface area contributed by atoms with E-state index in [0.717, 1.165) is 34.3 Å². The molecule has 0 aliphatic rings. The molecule has 0 fully saturated rings. The van der Waals surface area contributed by atoms with Crippen LogP contribution in [0.2, 0.25) is 0 Å². The Hall–Kier alpha value is -3.39. The molecule has 8 heteroatoms. The number of benzene rings is 2. The van der Waals surface area contributed by atoms with E-state index in [4.69, 9.17) is 4.42 Å². The number of fused-ring (bicyclic) bond motifs is 3. The fourth-order valence-electron chi connectivity index (χ4n) is 3.53. The lowest BCUT2D eigenvalue weighted by Crippen LogP contribution is -2.22. The summed E-state index contributed by atoms with van der Waals surface area (Å²) in [5.74, 6) is 0.674. The van der Waals surface area contributed by atoms with Gasteiger partial charge in [-0.1, -0.05) is 29.5 Å². The Morgan fingerprint density at radius 3 is 2.68 bits per heavy atom. The molecule has 0 radical (unpaired) electrons. The molecule has 5 rings (SSSR count). The van der Waals surface area contributed by atoms with Gasteiger partial charge in [-0.25, -0.2) is 9.38 Å². The maximum atomic E-state index is 13.0. The molecular formula is C23H15F3N2O2S. The second kappa shape index (κ2) is 6.81. The summed E-state index contributed by atoms with van der Waals surface area (Å²) in [7, 11) is 0. The Kier molecular flexibility index (Phi) is 4.30. The maximum absolute atomic E-state index is 13.0. The fraction of sp³-hybridized carbons (Fsp3) is 0.130. The molecule has 0 bridgehead atoms. The van der Waals surface area contributed by atoms with Gasteiger partial charge in [0.05, 0.1) is 16.6 Å². The van der Waals surface area contributed by atoms with Crippen LogP contribution in [0, 0.1) is 13.8 Å². The van der Waals surface area contributed by atoms with Gasteiger partial charge in [-0.15, -0.1) is 0 Å². The third kappa shape index (κ3) is 3.23. The molecule has 0 amide bonds. The largest absolute Gasteiger partial charge is 0.457 e. The van der Waals surface area contributed by atoms with Crippen LogP contribution in [-0.4, -0.2) is 9.38 Å². The molecule has 156 valence electrons. The van der Waals surface area contributed by atoms with E-state index < -0.39 is 11.7 Å². The number of furan rings is 1. The highest BCUT2D eigenvalue weighted by molar-refractivity contribution is 7.15. The highest BCUT2D eigenvalue weighted by atomic mass is 32.1. The standard InChI is InChI=1S/C23H15F3N2O2S/c1-12-6-8-17-20(13(12)2)27-22-28(17)21(29)19(31-22)11-16-7-9-18(30-16)14-4-3-5-15(10-14)23(24,25)26/h3-11H,1-2H3/b19-11-. The third-order valence-corrected chi connectivity index (χ3v) is 6.28. The monoisotopic (exact) mass is 440 g/mol. The SMILES string of the molecule is Cc1ccc2c(nc3s/c(=C\c4ccc(-c5cccc(C(F)(F)F)c5)o4)c(=O)n32)c1C. The predicted molar refractivity (Wildman–Crippen MR) is 114 cm³/mol. The molecule has 0 N–H and O–H groups in total. The lowest BCUT2D eigenvalue weighted by molar-refractivity contribution is -0.137. The molecule has 0 saturated carbocycles. The van der Waals surface area contributed by atoms with Crippen molar-refractivity contribution in [3.63, 3.8) is 0 Å². The molecular weight excluding hydrogens is 425 g/mol. The number of imidazole rings is 1. The van der Waals surface area contributed by atoms with Crippen LogP contribution in [0.25, 0.3) is 33.4 Å². The van der Waals surface area contributed by atoms with Gasteiger partial charge in [0.15, 0.2) is 4.96 Å². The van der Waals surface area contributed by atoms with Crippen LogP contribution < -0.4 is 10.1 Å². The van der Waals surface area contributed by atoms with E-state index in [1.807, 2.05) is 26.0 Å². The van der Waals surface area contributed by atoms with Crippen LogP contribution in [0.5, 0.6) is 0 Å². The summed E-state index contributed by atoms with van der Waals surface area (Å²) in [5, 5.41) is 0. The van der Waals surface area contributed by atoms with E-state index in [9.17, 15) is 18.0 Å². The summed E-state index contributed by atoms with van der Waals surface area (Å²) in [6, 6.07) is 12.0. The van der Waals surface area contributed by atoms with E-state index in [0.29, 0.717) is 26.6 Å². The van der Waals surface area contributed by atoms with E-state index in [1.54, 1.807) is 28.7 Å². The Morgan fingerprint density at radius 1 is 1.10 bits per heavy atom. The first kappa shape index (κ1) is 19.6. The van der Waals surface area contributed by atoms with Gasteiger partial charge in [0, 0.05) is 11.6 Å². The number of thiazole rings is 1.